The van der Waals surface area contributed by atoms with Crippen molar-refractivity contribution in [3.8, 4) is 0 Å². The number of nitrogens with zero attached hydrogens (tertiary/aromatic N) is 2. The van der Waals surface area contributed by atoms with Crippen LogP contribution in [0.1, 0.15) is 41.0 Å². The lowest BCUT2D eigenvalue weighted by Gasteiger charge is -2.59. The highest BCUT2D eigenvalue weighted by Gasteiger charge is 2.62. The smallest absolute Gasteiger partial charge is 0.333 e. The van der Waals surface area contributed by atoms with Gasteiger partial charge in [0, 0.05) is 45.6 Å². The number of hydrogen-bond acceptors (Lipinski definition) is 11. The number of ether oxygens (including phenoxy) is 4. The van der Waals surface area contributed by atoms with E-state index < -0.39 is 71.9 Å². The van der Waals surface area contributed by atoms with E-state index in [0.29, 0.717) is 5.57 Å². The number of carbonyl (C=O) groups excluding carboxylic acids is 6. The van der Waals surface area contributed by atoms with Crippen molar-refractivity contribution in [3.63, 3.8) is 0 Å². The molecule has 0 N–H and O–H groups in total. The van der Waals surface area contributed by atoms with E-state index in [0.717, 1.165) is 0 Å². The van der Waals surface area contributed by atoms with E-state index in [2.05, 4.69) is 0 Å². The fourth-order valence-corrected chi connectivity index (χ4v) is 7.18. The summed E-state index contributed by atoms with van der Waals surface area (Å²) in [6.45, 7) is 7.67. The second kappa shape index (κ2) is 11.4. The van der Waals surface area contributed by atoms with Gasteiger partial charge in [-0.25, -0.2) is 4.79 Å². The van der Waals surface area contributed by atoms with Crippen molar-refractivity contribution in [2.45, 2.75) is 71.3 Å². The minimum Gasteiger partial charge on any atom is -0.492 e. The number of carbonyl (C=O) groups is 6. The normalized spacial score (nSPS) is 29.3. The van der Waals surface area contributed by atoms with Crippen molar-refractivity contribution >= 4 is 35.0 Å². The minimum absolute atomic E-state index is 0.0112. The second-order valence-corrected chi connectivity index (χ2v) is 11.4. The summed E-state index contributed by atoms with van der Waals surface area (Å²) in [5.41, 5.74) is 0.943. The monoisotopic (exact) mass is 608 g/mol. The fourth-order valence-electron chi connectivity index (χ4n) is 7.18. The van der Waals surface area contributed by atoms with Gasteiger partial charge in [0.2, 0.25) is 17.5 Å². The van der Waals surface area contributed by atoms with Gasteiger partial charge in [-0.2, -0.15) is 0 Å². The van der Waals surface area contributed by atoms with Crippen LogP contribution in [-0.4, -0.2) is 110 Å². The fraction of sp³-hybridized carbons (Fsp3) is 0.500. The zero-order valence-corrected chi connectivity index (χ0v) is 26.1. The number of amides is 1. The van der Waals surface area contributed by atoms with Crippen LogP contribution in [0.5, 0.6) is 0 Å². The Morgan fingerprint density at radius 1 is 0.886 bits per heavy atom. The lowest BCUT2D eigenvalue weighted by molar-refractivity contribution is -0.166. The molecule has 0 saturated carbocycles. The van der Waals surface area contributed by atoms with Crippen LogP contribution >= 0.6 is 0 Å². The van der Waals surface area contributed by atoms with E-state index >= 15 is 0 Å². The van der Waals surface area contributed by atoms with E-state index in [9.17, 15) is 28.8 Å². The van der Waals surface area contributed by atoms with Crippen LogP contribution in [0.25, 0.3) is 0 Å². The van der Waals surface area contributed by atoms with Gasteiger partial charge in [0.05, 0.1) is 32.3 Å². The van der Waals surface area contributed by atoms with Crippen LogP contribution in [0.3, 0.4) is 0 Å². The molecule has 3 heterocycles. The second-order valence-electron chi connectivity index (χ2n) is 11.4. The number of likely N-dealkylation sites (N-methyl/N-ethyl adjacent to an activating group) is 1. The molecule has 0 spiro atoms. The Morgan fingerprint density at radius 2 is 1.48 bits per heavy atom. The third-order valence-corrected chi connectivity index (χ3v) is 9.34. The van der Waals surface area contributed by atoms with Crippen LogP contribution in [0.4, 0.5) is 0 Å². The summed E-state index contributed by atoms with van der Waals surface area (Å²) in [6, 6.07) is -3.95. The Bertz CT molecular complexity index is 1570. The molecule has 2 aliphatic carbocycles. The molecule has 5 aliphatic rings. The third-order valence-electron chi connectivity index (χ3n) is 9.34. The molecule has 1 amide bonds. The molecule has 1 fully saturated rings. The predicted octanol–water partition coefficient (Wildman–Crippen LogP) is 1.30. The summed E-state index contributed by atoms with van der Waals surface area (Å²) < 4.78 is 22.3. The summed E-state index contributed by atoms with van der Waals surface area (Å²) in [5, 5.41) is 0. The number of hydrogen-bond donors (Lipinski definition) is 0. The van der Waals surface area contributed by atoms with Gasteiger partial charge in [0.15, 0.2) is 23.1 Å². The number of ketones is 4. The van der Waals surface area contributed by atoms with Gasteiger partial charge in [-0.15, -0.1) is 0 Å². The highest BCUT2D eigenvalue weighted by molar-refractivity contribution is 6.27. The Hall–Kier alpha value is -4.16. The molecule has 0 aromatic carbocycles. The number of piperazine rings is 1. The lowest BCUT2D eigenvalue weighted by Crippen LogP contribution is -2.76. The van der Waals surface area contributed by atoms with Crippen molar-refractivity contribution in [2.75, 3.05) is 34.5 Å². The average molecular weight is 609 g/mol. The topological polar surface area (TPSA) is 146 Å². The van der Waals surface area contributed by atoms with E-state index in [1.807, 2.05) is 0 Å². The molecule has 0 aromatic heterocycles. The average Bonchev–Trinajstić information content (AvgIpc) is 3.00. The molecule has 3 aliphatic heterocycles. The van der Waals surface area contributed by atoms with Crippen LogP contribution < -0.4 is 0 Å². The van der Waals surface area contributed by atoms with Crippen LogP contribution in [0.15, 0.2) is 56.6 Å². The van der Waals surface area contributed by atoms with Crippen molar-refractivity contribution < 1.29 is 47.7 Å². The first kappa shape index (κ1) is 31.3. The van der Waals surface area contributed by atoms with Crippen molar-refractivity contribution in [2.24, 2.45) is 0 Å². The number of methoxy groups -OCH3 is 2. The Labute approximate surface area is 255 Å². The maximum Gasteiger partial charge on any atom is 0.333 e. The first-order chi connectivity index (χ1) is 20.9. The van der Waals surface area contributed by atoms with Crippen LogP contribution in [0.2, 0.25) is 0 Å². The molecule has 12 nitrogen and oxygen atoms in total. The quantitative estimate of drug-likeness (QED) is 0.234. The van der Waals surface area contributed by atoms with E-state index in [-0.39, 0.29) is 58.0 Å². The number of esters is 1. The Kier molecular flexibility index (Phi) is 8.10. The first-order valence-corrected chi connectivity index (χ1v) is 14.5. The molecule has 234 valence electrons. The molecular weight excluding hydrogens is 572 g/mol. The molecule has 1 saturated heterocycles. The first-order valence-electron chi connectivity index (χ1n) is 14.5. The Morgan fingerprint density at radius 3 is 2.05 bits per heavy atom. The molecule has 12 heteroatoms. The van der Waals surface area contributed by atoms with Gasteiger partial charge < -0.3 is 23.8 Å². The SMILES string of the molecule is CC=C(C)C(=O)OCC1C2=C(CC3C4C5=C(C(=O)C(C)=C(OC)C5=O)C(OCC)C(C(=O)N13)N4C)C(=O)C(C)=C(OC)C2=O. The van der Waals surface area contributed by atoms with E-state index in [4.69, 9.17) is 18.9 Å². The van der Waals surface area contributed by atoms with Crippen LogP contribution in [-0.2, 0) is 47.7 Å². The van der Waals surface area contributed by atoms with Gasteiger partial charge in [-0.3, -0.25) is 28.9 Å². The van der Waals surface area contributed by atoms with Gasteiger partial charge in [-0.05, 0) is 48.1 Å². The van der Waals surface area contributed by atoms with Gasteiger partial charge >= 0.3 is 5.97 Å². The van der Waals surface area contributed by atoms with Crippen molar-refractivity contribution in [3.05, 3.63) is 56.6 Å². The number of fused-ring (bicyclic) bond motifs is 5. The molecule has 5 atom stereocenters. The van der Waals surface area contributed by atoms with Gasteiger partial charge in [-0.1, -0.05) is 6.08 Å². The number of Topliss-reactive ketones (excluding diaryl/α,β-unsaturated/α-hetero) is 4. The highest BCUT2D eigenvalue weighted by atomic mass is 16.5. The molecule has 0 aromatic rings. The summed E-state index contributed by atoms with van der Waals surface area (Å²) in [7, 11) is 4.27. The molecule has 44 heavy (non-hydrogen) atoms. The van der Waals surface area contributed by atoms with Crippen LogP contribution in [0, 0.1) is 0 Å². The summed E-state index contributed by atoms with van der Waals surface area (Å²) in [4.78, 5) is 85.9. The summed E-state index contributed by atoms with van der Waals surface area (Å²) in [6.07, 6.45) is 0.392. The van der Waals surface area contributed by atoms with Gasteiger partial charge in [0.1, 0.15) is 18.8 Å². The molecule has 0 radical (unpaired) electrons. The largest absolute Gasteiger partial charge is 0.492 e. The highest BCUT2D eigenvalue weighted by Crippen LogP contribution is 2.48. The minimum atomic E-state index is -1.17. The number of rotatable bonds is 7. The zero-order chi connectivity index (χ0) is 32.4. The summed E-state index contributed by atoms with van der Waals surface area (Å²) in [5.74, 6) is -3.37. The maximum absolute atomic E-state index is 14.6. The Balaban J connectivity index is 1.73. The standard InChI is InChI=1S/C32H36N2O10/c1-9-13(3)32(40)44-12-18-19-16(24(35)14(4)28(41-7)26(19)37)11-17-22-20-21(25(36)15(5)29(42-8)27(20)38)30(43-10-2)23(33(22)6)31(39)34(17)18/h9,17-18,22-23,30H,10-12H2,1-8H3. The molecule has 5 rings (SSSR count). The summed E-state index contributed by atoms with van der Waals surface area (Å²) >= 11 is 0. The lowest BCUT2D eigenvalue weighted by atomic mass is 9.68. The van der Waals surface area contributed by atoms with Gasteiger partial charge in [0.25, 0.3) is 0 Å². The predicted molar refractivity (Wildman–Crippen MR) is 154 cm³/mol. The molecular formula is C32H36N2O10. The molecule has 5 unspecified atom stereocenters. The third kappa shape index (κ3) is 4.26. The zero-order valence-electron chi connectivity index (χ0n) is 26.1. The van der Waals surface area contributed by atoms with Crippen molar-refractivity contribution in [1.82, 2.24) is 9.80 Å². The number of allylic oxidation sites excluding steroid dienone is 5. The van der Waals surface area contributed by atoms with Crippen molar-refractivity contribution in [1.29, 1.82) is 0 Å². The maximum atomic E-state index is 14.6. The molecule has 2 bridgehead atoms. The van der Waals surface area contributed by atoms with E-state index in [1.165, 1.54) is 33.0 Å². The van der Waals surface area contributed by atoms with E-state index in [1.54, 1.807) is 38.8 Å².